The zero-order chi connectivity index (χ0) is 12.3. The highest BCUT2D eigenvalue weighted by molar-refractivity contribution is 7.86. The van der Waals surface area contributed by atoms with Gasteiger partial charge in [-0.3, -0.25) is 4.55 Å². The molecule has 0 bridgehead atoms. The zero-order valence-corrected chi connectivity index (χ0v) is 9.91. The second-order valence-corrected chi connectivity index (χ2v) is 4.68. The van der Waals surface area contributed by atoms with Crippen LogP contribution >= 0.6 is 0 Å². The molecule has 0 unspecified atom stereocenters. The average Bonchev–Trinajstić information content (AvgIpc) is 2.17. The Morgan fingerprint density at radius 3 is 2.50 bits per heavy atom. The number of aromatic hydroxyl groups is 1. The number of phenolic OH excluding ortho intramolecular Hbond substituents is 1. The minimum Gasteiger partial charge on any atom is -0.508 e. The molecule has 0 aliphatic heterocycles. The van der Waals surface area contributed by atoms with Crippen LogP contribution in [-0.2, 0) is 21.5 Å². The average molecular weight is 246 g/mol. The van der Waals surface area contributed by atoms with E-state index in [4.69, 9.17) is 9.29 Å². The largest absolute Gasteiger partial charge is 0.508 e. The summed E-state index contributed by atoms with van der Waals surface area (Å²) in [6.45, 7) is 3.62. The maximum absolute atomic E-state index is 11.2. The lowest BCUT2D eigenvalue weighted by Crippen LogP contribution is -2.07. The lowest BCUT2D eigenvalue weighted by molar-refractivity contribution is 0.130. The van der Waals surface area contributed by atoms with E-state index in [0.717, 1.165) is 0 Å². The van der Waals surface area contributed by atoms with Crippen molar-refractivity contribution in [1.82, 2.24) is 0 Å². The quantitative estimate of drug-likeness (QED) is 0.786. The van der Waals surface area contributed by atoms with E-state index in [-0.39, 0.29) is 22.8 Å². The van der Waals surface area contributed by atoms with Crippen LogP contribution in [0.1, 0.15) is 18.1 Å². The van der Waals surface area contributed by atoms with Crippen LogP contribution in [0.15, 0.2) is 17.0 Å². The topological polar surface area (TPSA) is 83.8 Å². The van der Waals surface area contributed by atoms with Gasteiger partial charge in [0.05, 0.1) is 6.61 Å². The molecule has 0 fully saturated rings. The number of aryl methyl sites for hydroxylation is 1. The number of hydrogen-bond acceptors (Lipinski definition) is 4. The molecule has 0 atom stereocenters. The molecule has 2 N–H and O–H groups in total. The fourth-order valence-electron chi connectivity index (χ4n) is 1.44. The third-order valence-electron chi connectivity index (χ3n) is 2.14. The third kappa shape index (κ3) is 2.72. The van der Waals surface area contributed by atoms with E-state index in [1.807, 2.05) is 0 Å². The van der Waals surface area contributed by atoms with E-state index in [9.17, 15) is 13.5 Å². The van der Waals surface area contributed by atoms with Gasteiger partial charge in [-0.1, -0.05) is 6.07 Å². The van der Waals surface area contributed by atoms with Gasteiger partial charge in [-0.25, -0.2) is 0 Å². The smallest absolute Gasteiger partial charge is 0.295 e. The fraction of sp³-hybridized carbons (Fsp3) is 0.400. The summed E-state index contributed by atoms with van der Waals surface area (Å²) in [6.07, 6.45) is 0. The summed E-state index contributed by atoms with van der Waals surface area (Å²) in [6, 6.07) is 2.80. The summed E-state index contributed by atoms with van der Waals surface area (Å²) in [5.41, 5.74) is 0.458. The highest BCUT2D eigenvalue weighted by Gasteiger charge is 2.21. The summed E-state index contributed by atoms with van der Waals surface area (Å²) in [7, 11) is -4.36. The molecule has 0 saturated heterocycles. The first-order chi connectivity index (χ1) is 7.38. The van der Waals surface area contributed by atoms with Crippen molar-refractivity contribution in [3.8, 4) is 5.75 Å². The predicted molar refractivity (Wildman–Crippen MR) is 58.0 cm³/mol. The van der Waals surface area contributed by atoms with Gasteiger partial charge in [0.2, 0.25) is 0 Å². The van der Waals surface area contributed by atoms with Crippen molar-refractivity contribution >= 4 is 10.1 Å². The van der Waals surface area contributed by atoms with Gasteiger partial charge in [0.25, 0.3) is 10.1 Å². The molecular weight excluding hydrogens is 232 g/mol. The molecule has 0 radical (unpaired) electrons. The van der Waals surface area contributed by atoms with Gasteiger partial charge in [0.15, 0.2) is 0 Å². The molecule has 1 rings (SSSR count). The predicted octanol–water partition coefficient (Wildman–Crippen LogP) is 1.48. The highest BCUT2D eigenvalue weighted by atomic mass is 32.2. The van der Waals surface area contributed by atoms with Crippen LogP contribution in [0.5, 0.6) is 5.75 Å². The Labute approximate surface area is 94.4 Å². The van der Waals surface area contributed by atoms with Crippen LogP contribution in [0.25, 0.3) is 0 Å². The summed E-state index contributed by atoms with van der Waals surface area (Å²) in [4.78, 5) is -0.277. The van der Waals surface area contributed by atoms with E-state index < -0.39 is 10.1 Å². The van der Waals surface area contributed by atoms with E-state index in [1.165, 1.54) is 19.1 Å². The molecule has 1 aromatic rings. The van der Waals surface area contributed by atoms with Gasteiger partial charge in [-0.15, -0.1) is 0 Å². The summed E-state index contributed by atoms with van der Waals surface area (Å²) in [5.74, 6) is -0.202. The Kier molecular flexibility index (Phi) is 3.90. The van der Waals surface area contributed by atoms with E-state index >= 15 is 0 Å². The number of ether oxygens (including phenoxy) is 1. The summed E-state index contributed by atoms with van der Waals surface area (Å²) in [5, 5.41) is 9.55. The van der Waals surface area contributed by atoms with E-state index in [2.05, 4.69) is 0 Å². The Hall–Kier alpha value is -1.11. The van der Waals surface area contributed by atoms with Crippen LogP contribution in [0.2, 0.25) is 0 Å². The SMILES string of the molecule is CCOCc1c(O)ccc(C)c1S(=O)(=O)O. The molecular formula is C10H14O5S. The third-order valence-corrected chi connectivity index (χ3v) is 3.23. The number of rotatable bonds is 4. The van der Waals surface area contributed by atoms with Crippen LogP contribution in [-0.4, -0.2) is 24.7 Å². The van der Waals surface area contributed by atoms with Crippen molar-refractivity contribution in [2.24, 2.45) is 0 Å². The van der Waals surface area contributed by atoms with Gasteiger partial charge in [-0.05, 0) is 25.5 Å². The molecule has 1 aromatic carbocycles. The van der Waals surface area contributed by atoms with Crippen molar-refractivity contribution in [1.29, 1.82) is 0 Å². The fourth-order valence-corrected chi connectivity index (χ4v) is 2.39. The Morgan fingerprint density at radius 2 is 2.00 bits per heavy atom. The van der Waals surface area contributed by atoms with Crippen molar-refractivity contribution in [3.63, 3.8) is 0 Å². The lowest BCUT2D eigenvalue weighted by atomic mass is 10.1. The maximum Gasteiger partial charge on any atom is 0.295 e. The van der Waals surface area contributed by atoms with Crippen molar-refractivity contribution < 1.29 is 22.8 Å². The Balaban J connectivity index is 3.38. The van der Waals surface area contributed by atoms with Crippen LogP contribution in [0.3, 0.4) is 0 Å². The molecule has 6 heteroatoms. The van der Waals surface area contributed by atoms with Crippen LogP contribution < -0.4 is 0 Å². The molecule has 0 aliphatic carbocycles. The van der Waals surface area contributed by atoms with Crippen LogP contribution in [0.4, 0.5) is 0 Å². The van der Waals surface area contributed by atoms with Gasteiger partial charge in [0, 0.05) is 12.2 Å². The van der Waals surface area contributed by atoms with Crippen LogP contribution in [0, 0.1) is 6.92 Å². The monoisotopic (exact) mass is 246 g/mol. The molecule has 0 spiro atoms. The van der Waals surface area contributed by atoms with Crippen molar-refractivity contribution in [2.45, 2.75) is 25.3 Å². The Bertz CT molecular complexity index is 478. The van der Waals surface area contributed by atoms with Gasteiger partial charge >= 0.3 is 0 Å². The first-order valence-electron chi connectivity index (χ1n) is 4.74. The number of hydrogen-bond donors (Lipinski definition) is 2. The van der Waals surface area contributed by atoms with Crippen molar-refractivity contribution in [2.75, 3.05) is 6.61 Å². The van der Waals surface area contributed by atoms with Gasteiger partial charge in [-0.2, -0.15) is 8.42 Å². The molecule has 0 aliphatic rings. The maximum atomic E-state index is 11.2. The van der Waals surface area contributed by atoms with Gasteiger partial charge in [0.1, 0.15) is 10.6 Å². The molecule has 90 valence electrons. The molecule has 0 saturated carbocycles. The number of benzene rings is 1. The lowest BCUT2D eigenvalue weighted by Gasteiger charge is -2.11. The normalized spacial score (nSPS) is 11.7. The van der Waals surface area contributed by atoms with E-state index in [1.54, 1.807) is 6.92 Å². The highest BCUT2D eigenvalue weighted by Crippen LogP contribution is 2.28. The molecule has 5 nitrogen and oxygen atoms in total. The molecule has 0 heterocycles. The first kappa shape index (κ1) is 13.0. The summed E-state index contributed by atoms with van der Waals surface area (Å²) >= 11 is 0. The van der Waals surface area contributed by atoms with E-state index in [0.29, 0.717) is 12.2 Å². The van der Waals surface area contributed by atoms with Gasteiger partial charge < -0.3 is 9.84 Å². The molecule has 0 amide bonds. The zero-order valence-electron chi connectivity index (χ0n) is 9.10. The second kappa shape index (κ2) is 4.82. The second-order valence-electron chi connectivity index (χ2n) is 3.32. The Morgan fingerprint density at radius 1 is 1.38 bits per heavy atom. The first-order valence-corrected chi connectivity index (χ1v) is 6.18. The van der Waals surface area contributed by atoms with Crippen molar-refractivity contribution in [3.05, 3.63) is 23.3 Å². The number of phenols is 1. The molecule has 0 aromatic heterocycles. The molecule has 16 heavy (non-hydrogen) atoms. The minimum absolute atomic E-state index is 0.0564. The summed E-state index contributed by atoms with van der Waals surface area (Å²) < 4.78 is 36.5. The minimum atomic E-state index is -4.36. The standard InChI is InChI=1S/C10H14O5S/c1-3-15-6-8-9(11)5-4-7(2)10(8)16(12,13)14/h4-5,11H,3,6H2,1-2H3,(H,12,13,14).